The highest BCUT2D eigenvalue weighted by Gasteiger charge is 2.23. The molecule has 0 aromatic heterocycles. The van der Waals surface area contributed by atoms with Gasteiger partial charge in [-0.1, -0.05) is 6.42 Å². The summed E-state index contributed by atoms with van der Waals surface area (Å²) in [5.41, 5.74) is 5.43. The Bertz CT molecular complexity index is 312. The van der Waals surface area contributed by atoms with Crippen molar-refractivity contribution in [1.82, 2.24) is 14.7 Å². The first-order chi connectivity index (χ1) is 9.54. The number of rotatable bonds is 7. The van der Waals surface area contributed by atoms with Crippen LogP contribution < -0.4 is 5.73 Å². The molecule has 6 nitrogen and oxygen atoms in total. The number of carbonyl (C=O) groups excluding carboxylic acids is 2. The molecular formula is C14H28N4O2. The van der Waals surface area contributed by atoms with Gasteiger partial charge in [-0.3, -0.25) is 9.59 Å². The molecule has 6 heteroatoms. The zero-order valence-electron chi connectivity index (χ0n) is 12.8. The molecule has 1 saturated heterocycles. The van der Waals surface area contributed by atoms with E-state index in [0.29, 0.717) is 45.7 Å². The van der Waals surface area contributed by atoms with Gasteiger partial charge in [0.05, 0.1) is 6.54 Å². The SMILES string of the molecule is CN(C)CC(=O)N1CCN(C(=O)CCCCCN)CC1. The van der Waals surface area contributed by atoms with Crippen LogP contribution in [0.4, 0.5) is 0 Å². The molecule has 0 saturated carbocycles. The highest BCUT2D eigenvalue weighted by Crippen LogP contribution is 2.07. The molecule has 0 aromatic rings. The molecule has 0 atom stereocenters. The van der Waals surface area contributed by atoms with E-state index in [-0.39, 0.29) is 11.8 Å². The van der Waals surface area contributed by atoms with E-state index in [1.807, 2.05) is 28.8 Å². The molecule has 2 amide bonds. The summed E-state index contributed by atoms with van der Waals surface area (Å²) >= 11 is 0. The lowest BCUT2D eigenvalue weighted by Crippen LogP contribution is -2.52. The van der Waals surface area contributed by atoms with E-state index in [0.717, 1.165) is 19.3 Å². The quantitative estimate of drug-likeness (QED) is 0.654. The average molecular weight is 284 g/mol. The largest absolute Gasteiger partial charge is 0.339 e. The standard InChI is InChI=1S/C14H28N4O2/c1-16(2)12-14(20)18-10-8-17(9-11-18)13(19)6-4-3-5-7-15/h3-12,15H2,1-2H3. The van der Waals surface area contributed by atoms with Crippen molar-refractivity contribution in [3.05, 3.63) is 0 Å². The molecule has 0 spiro atoms. The molecule has 1 aliphatic rings. The number of likely N-dealkylation sites (N-methyl/N-ethyl adjacent to an activating group) is 1. The van der Waals surface area contributed by atoms with Gasteiger partial charge in [-0.25, -0.2) is 0 Å². The lowest BCUT2D eigenvalue weighted by molar-refractivity contribution is -0.140. The monoisotopic (exact) mass is 284 g/mol. The van der Waals surface area contributed by atoms with Gasteiger partial charge in [0.1, 0.15) is 0 Å². The van der Waals surface area contributed by atoms with E-state index in [4.69, 9.17) is 5.73 Å². The maximum absolute atomic E-state index is 12.0. The third-order valence-corrected chi connectivity index (χ3v) is 3.53. The Kier molecular flexibility index (Phi) is 7.54. The number of amides is 2. The Balaban J connectivity index is 2.24. The molecule has 1 fully saturated rings. The maximum Gasteiger partial charge on any atom is 0.236 e. The van der Waals surface area contributed by atoms with Crippen molar-refractivity contribution >= 4 is 11.8 Å². The lowest BCUT2D eigenvalue weighted by Gasteiger charge is -2.35. The first-order valence-corrected chi connectivity index (χ1v) is 7.45. The van der Waals surface area contributed by atoms with Gasteiger partial charge in [-0.05, 0) is 33.5 Å². The summed E-state index contributed by atoms with van der Waals surface area (Å²) in [5.74, 6) is 0.353. The Morgan fingerprint density at radius 2 is 1.50 bits per heavy atom. The third kappa shape index (κ3) is 5.88. The van der Waals surface area contributed by atoms with Crippen LogP contribution in [-0.4, -0.2) is 79.9 Å². The van der Waals surface area contributed by atoms with E-state index in [1.54, 1.807) is 0 Å². The summed E-state index contributed by atoms with van der Waals surface area (Å²) in [4.78, 5) is 29.5. The Morgan fingerprint density at radius 1 is 0.950 bits per heavy atom. The van der Waals surface area contributed by atoms with Gasteiger partial charge < -0.3 is 20.4 Å². The lowest BCUT2D eigenvalue weighted by atomic mass is 10.1. The van der Waals surface area contributed by atoms with Crippen LogP contribution in [0.5, 0.6) is 0 Å². The number of unbranched alkanes of at least 4 members (excludes halogenated alkanes) is 2. The third-order valence-electron chi connectivity index (χ3n) is 3.53. The van der Waals surface area contributed by atoms with Gasteiger partial charge in [-0.15, -0.1) is 0 Å². The van der Waals surface area contributed by atoms with Crippen molar-refractivity contribution < 1.29 is 9.59 Å². The van der Waals surface area contributed by atoms with E-state index in [1.165, 1.54) is 0 Å². The van der Waals surface area contributed by atoms with Gasteiger partial charge in [0.25, 0.3) is 0 Å². The van der Waals surface area contributed by atoms with Crippen LogP contribution in [0.3, 0.4) is 0 Å². The molecule has 2 N–H and O–H groups in total. The molecule has 0 unspecified atom stereocenters. The van der Waals surface area contributed by atoms with Gasteiger partial charge in [0, 0.05) is 32.6 Å². The maximum atomic E-state index is 12.0. The van der Waals surface area contributed by atoms with E-state index in [9.17, 15) is 9.59 Å². The van der Waals surface area contributed by atoms with Crippen molar-refractivity contribution in [2.45, 2.75) is 25.7 Å². The second-order valence-corrected chi connectivity index (χ2v) is 5.60. The molecule has 1 rings (SSSR count). The van der Waals surface area contributed by atoms with Crippen LogP contribution in [0, 0.1) is 0 Å². The molecule has 20 heavy (non-hydrogen) atoms. The smallest absolute Gasteiger partial charge is 0.236 e. The minimum atomic E-state index is 0.144. The zero-order chi connectivity index (χ0) is 15.0. The second kappa shape index (κ2) is 8.92. The minimum Gasteiger partial charge on any atom is -0.339 e. The predicted octanol–water partition coefficient (Wildman–Crippen LogP) is -0.262. The number of nitrogens with zero attached hydrogens (tertiary/aromatic N) is 3. The minimum absolute atomic E-state index is 0.144. The van der Waals surface area contributed by atoms with Crippen LogP contribution in [-0.2, 0) is 9.59 Å². The summed E-state index contributed by atoms with van der Waals surface area (Å²) in [5, 5.41) is 0. The Labute approximate surface area is 121 Å². The molecule has 0 aliphatic carbocycles. The summed E-state index contributed by atoms with van der Waals surface area (Å²) in [7, 11) is 3.78. The van der Waals surface area contributed by atoms with Gasteiger partial charge in [-0.2, -0.15) is 0 Å². The molecule has 116 valence electrons. The van der Waals surface area contributed by atoms with Crippen LogP contribution in [0.2, 0.25) is 0 Å². The number of piperazine rings is 1. The first-order valence-electron chi connectivity index (χ1n) is 7.45. The molecule has 0 aromatic carbocycles. The van der Waals surface area contributed by atoms with Gasteiger partial charge >= 0.3 is 0 Å². The van der Waals surface area contributed by atoms with Crippen molar-refractivity contribution in [3.63, 3.8) is 0 Å². The fourth-order valence-corrected chi connectivity index (χ4v) is 2.33. The van der Waals surface area contributed by atoms with Crippen molar-refractivity contribution in [1.29, 1.82) is 0 Å². The fourth-order valence-electron chi connectivity index (χ4n) is 2.33. The van der Waals surface area contributed by atoms with Gasteiger partial charge in [0.2, 0.25) is 11.8 Å². The molecule has 1 aliphatic heterocycles. The normalized spacial score (nSPS) is 15.8. The van der Waals surface area contributed by atoms with E-state index in [2.05, 4.69) is 0 Å². The van der Waals surface area contributed by atoms with Crippen molar-refractivity contribution in [2.24, 2.45) is 5.73 Å². The van der Waals surface area contributed by atoms with Crippen molar-refractivity contribution in [3.8, 4) is 0 Å². The molecular weight excluding hydrogens is 256 g/mol. The first kappa shape index (κ1) is 16.9. The second-order valence-electron chi connectivity index (χ2n) is 5.60. The topological polar surface area (TPSA) is 69.9 Å². The number of hydrogen-bond acceptors (Lipinski definition) is 4. The highest BCUT2D eigenvalue weighted by molar-refractivity contribution is 5.79. The fraction of sp³-hybridized carbons (Fsp3) is 0.857. The molecule has 0 radical (unpaired) electrons. The summed E-state index contributed by atoms with van der Waals surface area (Å²) in [6.07, 6.45) is 3.52. The Morgan fingerprint density at radius 3 is 2.00 bits per heavy atom. The average Bonchev–Trinajstić information content (AvgIpc) is 2.43. The van der Waals surface area contributed by atoms with Crippen LogP contribution in [0.25, 0.3) is 0 Å². The zero-order valence-corrected chi connectivity index (χ0v) is 12.8. The van der Waals surface area contributed by atoms with Crippen LogP contribution in [0.15, 0.2) is 0 Å². The number of hydrogen-bond donors (Lipinski definition) is 1. The van der Waals surface area contributed by atoms with E-state index < -0.39 is 0 Å². The van der Waals surface area contributed by atoms with Gasteiger partial charge in [0.15, 0.2) is 0 Å². The highest BCUT2D eigenvalue weighted by atomic mass is 16.2. The van der Waals surface area contributed by atoms with Crippen molar-refractivity contribution in [2.75, 3.05) is 53.4 Å². The molecule has 0 bridgehead atoms. The van der Waals surface area contributed by atoms with Crippen LogP contribution in [0.1, 0.15) is 25.7 Å². The number of nitrogens with two attached hydrogens (primary N) is 1. The number of carbonyl (C=O) groups is 2. The van der Waals surface area contributed by atoms with Crippen LogP contribution >= 0.6 is 0 Å². The Hall–Kier alpha value is -1.14. The van der Waals surface area contributed by atoms with E-state index >= 15 is 0 Å². The summed E-state index contributed by atoms with van der Waals surface area (Å²) in [6, 6.07) is 0. The summed E-state index contributed by atoms with van der Waals surface area (Å²) in [6.45, 7) is 3.76. The summed E-state index contributed by atoms with van der Waals surface area (Å²) < 4.78 is 0. The predicted molar refractivity (Wildman–Crippen MR) is 79.2 cm³/mol. The molecule has 1 heterocycles.